The van der Waals surface area contributed by atoms with Crippen molar-refractivity contribution in [2.24, 2.45) is 0 Å². The Balaban J connectivity index is 1.35. The van der Waals surface area contributed by atoms with Crippen molar-refractivity contribution in [3.63, 3.8) is 0 Å². The number of esters is 1. The Morgan fingerprint density at radius 1 is 0.816 bits per heavy atom. The average molecular weight is 506 g/mol. The van der Waals surface area contributed by atoms with Crippen LogP contribution >= 0.6 is 0 Å². The van der Waals surface area contributed by atoms with Gasteiger partial charge in [-0.2, -0.15) is 0 Å². The Bertz CT molecular complexity index is 1530. The van der Waals surface area contributed by atoms with Crippen molar-refractivity contribution in [2.75, 3.05) is 18.5 Å². The van der Waals surface area contributed by atoms with Gasteiger partial charge in [0.15, 0.2) is 0 Å². The second kappa shape index (κ2) is 11.6. The number of nitrogens with zero attached hydrogens (tertiary/aromatic N) is 2. The largest absolute Gasteiger partial charge is 0.465 e. The molecule has 2 aromatic heterocycles. The van der Waals surface area contributed by atoms with Crippen LogP contribution in [0.1, 0.15) is 29.5 Å². The van der Waals surface area contributed by atoms with Crippen molar-refractivity contribution in [1.82, 2.24) is 9.13 Å². The number of ether oxygens (including phenoxy) is 1. The van der Waals surface area contributed by atoms with Crippen molar-refractivity contribution >= 4 is 22.6 Å². The van der Waals surface area contributed by atoms with E-state index in [0.29, 0.717) is 19.7 Å². The molecular weight excluding hydrogens is 474 g/mol. The molecule has 0 saturated heterocycles. The molecule has 1 N–H and O–H groups in total. The van der Waals surface area contributed by atoms with Gasteiger partial charge < -0.3 is 19.2 Å². The van der Waals surface area contributed by atoms with Gasteiger partial charge in [0.1, 0.15) is 6.54 Å². The van der Waals surface area contributed by atoms with Gasteiger partial charge in [0.2, 0.25) is 0 Å². The van der Waals surface area contributed by atoms with E-state index in [0.717, 1.165) is 22.2 Å². The second-order valence-corrected chi connectivity index (χ2v) is 9.16. The van der Waals surface area contributed by atoms with E-state index in [4.69, 9.17) is 4.74 Å². The van der Waals surface area contributed by atoms with Crippen molar-refractivity contribution in [3.8, 4) is 0 Å². The first-order valence-corrected chi connectivity index (χ1v) is 12.9. The lowest BCUT2D eigenvalue weighted by Gasteiger charge is -2.20. The second-order valence-electron chi connectivity index (χ2n) is 9.16. The maximum atomic E-state index is 12.8. The van der Waals surface area contributed by atoms with Crippen LogP contribution in [0, 0.1) is 0 Å². The summed E-state index contributed by atoms with van der Waals surface area (Å²) in [5, 5.41) is 4.50. The Morgan fingerprint density at radius 3 is 2.21 bits per heavy atom. The number of rotatable bonds is 10. The monoisotopic (exact) mass is 505 g/mol. The number of fused-ring (bicyclic) bond motifs is 1. The Labute approximate surface area is 222 Å². The molecule has 0 amide bonds. The molecule has 0 aliphatic carbocycles. The summed E-state index contributed by atoms with van der Waals surface area (Å²) in [5.74, 6) is -0.225. The molecule has 5 aromatic rings. The Morgan fingerprint density at radius 2 is 1.53 bits per heavy atom. The van der Waals surface area contributed by atoms with E-state index in [1.54, 1.807) is 17.6 Å². The molecule has 38 heavy (non-hydrogen) atoms. The molecule has 0 saturated carbocycles. The molecule has 2 heterocycles. The Hall–Kier alpha value is -4.58. The molecule has 0 aliphatic heterocycles. The summed E-state index contributed by atoms with van der Waals surface area (Å²) in [6.45, 7) is 3.43. The predicted octanol–water partition coefficient (Wildman–Crippen LogP) is 5.66. The van der Waals surface area contributed by atoms with Gasteiger partial charge in [-0.05, 0) is 41.8 Å². The zero-order valence-electron chi connectivity index (χ0n) is 21.4. The van der Waals surface area contributed by atoms with Gasteiger partial charge in [-0.3, -0.25) is 9.59 Å². The highest BCUT2D eigenvalue weighted by molar-refractivity contribution is 5.93. The summed E-state index contributed by atoms with van der Waals surface area (Å²) >= 11 is 0. The summed E-state index contributed by atoms with van der Waals surface area (Å²) < 4.78 is 8.75. The number of hydrogen-bond donors (Lipinski definition) is 1. The average Bonchev–Trinajstić information content (AvgIpc) is 3.35. The minimum atomic E-state index is -0.257. The highest BCUT2D eigenvalue weighted by Crippen LogP contribution is 2.31. The first-order valence-electron chi connectivity index (χ1n) is 12.9. The van der Waals surface area contributed by atoms with E-state index in [9.17, 15) is 9.59 Å². The van der Waals surface area contributed by atoms with Crippen molar-refractivity contribution in [3.05, 3.63) is 136 Å². The number of pyridine rings is 1. The zero-order valence-corrected chi connectivity index (χ0v) is 21.4. The van der Waals surface area contributed by atoms with E-state index in [-0.39, 0.29) is 24.0 Å². The fourth-order valence-electron chi connectivity index (χ4n) is 4.94. The molecule has 0 unspecified atom stereocenters. The van der Waals surface area contributed by atoms with E-state index in [1.807, 2.05) is 83.7 Å². The summed E-state index contributed by atoms with van der Waals surface area (Å²) in [6, 6.07) is 32.3. The summed E-state index contributed by atoms with van der Waals surface area (Å²) in [5.41, 5.74) is 5.31. The molecule has 5 rings (SSSR count). The van der Waals surface area contributed by atoms with Crippen LogP contribution < -0.4 is 10.9 Å². The Kier molecular flexibility index (Phi) is 7.69. The van der Waals surface area contributed by atoms with Gasteiger partial charge in [0, 0.05) is 48.5 Å². The summed E-state index contributed by atoms with van der Waals surface area (Å²) in [4.78, 5) is 24.7. The molecular formula is C32H31N3O3. The predicted molar refractivity (Wildman–Crippen MR) is 152 cm³/mol. The smallest absolute Gasteiger partial charge is 0.325 e. The van der Waals surface area contributed by atoms with Gasteiger partial charge in [-0.1, -0.05) is 72.8 Å². The van der Waals surface area contributed by atoms with Gasteiger partial charge in [0.05, 0.1) is 12.1 Å². The fraction of sp³-hybridized carbons (Fsp3) is 0.188. The summed E-state index contributed by atoms with van der Waals surface area (Å²) in [6.07, 6.45) is 3.87. The molecule has 192 valence electrons. The first kappa shape index (κ1) is 25.1. The topological polar surface area (TPSA) is 65.3 Å². The molecule has 0 spiro atoms. The minimum Gasteiger partial charge on any atom is -0.465 e. The van der Waals surface area contributed by atoms with Crippen LogP contribution in [-0.4, -0.2) is 28.3 Å². The fourth-order valence-corrected chi connectivity index (χ4v) is 4.94. The van der Waals surface area contributed by atoms with Crippen LogP contribution in [0.15, 0.2) is 114 Å². The van der Waals surface area contributed by atoms with Crippen LogP contribution in [0.25, 0.3) is 10.9 Å². The lowest BCUT2D eigenvalue weighted by atomic mass is 9.86. The van der Waals surface area contributed by atoms with Crippen molar-refractivity contribution < 1.29 is 9.53 Å². The number of nitrogens with one attached hydrogen (secondary N) is 1. The maximum absolute atomic E-state index is 12.8. The van der Waals surface area contributed by atoms with Gasteiger partial charge >= 0.3 is 5.97 Å². The number of aromatic nitrogens is 2. The number of carbonyl (C=O) groups excluding carboxylic acids is 1. The van der Waals surface area contributed by atoms with Crippen LogP contribution in [0.2, 0.25) is 0 Å². The highest BCUT2D eigenvalue weighted by Gasteiger charge is 2.17. The molecule has 6 heteroatoms. The van der Waals surface area contributed by atoms with Gasteiger partial charge in [0.25, 0.3) is 5.56 Å². The highest BCUT2D eigenvalue weighted by atomic mass is 16.5. The third-order valence-corrected chi connectivity index (χ3v) is 6.69. The summed E-state index contributed by atoms with van der Waals surface area (Å²) in [7, 11) is 0. The van der Waals surface area contributed by atoms with Gasteiger partial charge in [-0.25, -0.2) is 0 Å². The first-order chi connectivity index (χ1) is 18.6. The normalized spacial score (nSPS) is 11.1. The zero-order chi connectivity index (χ0) is 26.3. The molecule has 0 aliphatic rings. The molecule has 0 fully saturated rings. The molecule has 3 aromatic carbocycles. The van der Waals surface area contributed by atoms with Gasteiger partial charge in [-0.15, -0.1) is 0 Å². The third-order valence-electron chi connectivity index (χ3n) is 6.69. The molecule has 0 bridgehead atoms. The van der Waals surface area contributed by atoms with E-state index >= 15 is 0 Å². The lowest BCUT2D eigenvalue weighted by Crippen LogP contribution is -2.23. The van der Waals surface area contributed by atoms with Crippen molar-refractivity contribution in [2.45, 2.75) is 25.9 Å². The molecule has 0 atom stereocenters. The van der Waals surface area contributed by atoms with E-state index in [1.165, 1.54) is 11.1 Å². The third kappa shape index (κ3) is 5.54. The standard InChI is InChI=1S/C32H31N3O3/c1-2-38-31(37)23-34-20-18-27-28(14-9-15-29(27)34)33-19-21-35-22-26(16-17-30(35)36)32(24-10-5-3-6-11-24)25-12-7-4-8-13-25/h3-18,20,22,32-33H,2,19,21,23H2,1H3. The number of hydrogen-bond acceptors (Lipinski definition) is 4. The number of carbonyl (C=O) groups is 1. The van der Waals surface area contributed by atoms with Crippen molar-refractivity contribution in [1.29, 1.82) is 0 Å². The van der Waals surface area contributed by atoms with Crippen LogP contribution in [0.4, 0.5) is 5.69 Å². The molecule has 0 radical (unpaired) electrons. The SMILES string of the molecule is CCOC(=O)Cn1ccc2c(NCCn3cc(C(c4ccccc4)c4ccccc4)ccc3=O)cccc21. The number of benzene rings is 3. The van der Waals surface area contributed by atoms with Crippen LogP contribution in [-0.2, 0) is 22.6 Å². The lowest BCUT2D eigenvalue weighted by molar-refractivity contribution is -0.143. The minimum absolute atomic E-state index is 0.0325. The van der Waals surface area contributed by atoms with E-state index < -0.39 is 0 Å². The van der Waals surface area contributed by atoms with Crippen LogP contribution in [0.3, 0.4) is 0 Å². The molecule has 6 nitrogen and oxygen atoms in total. The van der Waals surface area contributed by atoms with E-state index in [2.05, 4.69) is 29.6 Å². The quantitative estimate of drug-likeness (QED) is 0.249. The van der Waals surface area contributed by atoms with Crippen LogP contribution in [0.5, 0.6) is 0 Å². The maximum Gasteiger partial charge on any atom is 0.325 e. The number of anilines is 1.